The molecule has 8 nitrogen and oxygen atoms in total. The molecule has 0 saturated carbocycles. The summed E-state index contributed by atoms with van der Waals surface area (Å²) >= 11 is 3.28. The Bertz CT molecular complexity index is 1380. The first-order valence-electron chi connectivity index (χ1n) is 10.8. The van der Waals surface area contributed by atoms with Crippen LogP contribution in [-0.2, 0) is 0 Å². The normalized spacial score (nSPS) is 19.2. The highest BCUT2D eigenvalue weighted by atomic mass is 32.1. The number of nitrogens with one attached hydrogen (secondary N) is 3. The van der Waals surface area contributed by atoms with Gasteiger partial charge in [0.15, 0.2) is 14.8 Å². The second-order valence-corrected chi connectivity index (χ2v) is 10.4. The fourth-order valence-corrected chi connectivity index (χ4v) is 6.62. The number of hydrogen-bond acceptors (Lipinski definition) is 8. The maximum atomic E-state index is 4.93. The third-order valence-electron chi connectivity index (χ3n) is 6.33. The quantitative estimate of drug-likeness (QED) is 0.360. The molecule has 1 aliphatic rings. The van der Waals surface area contributed by atoms with Crippen LogP contribution in [0.2, 0.25) is 0 Å². The molecule has 2 atom stereocenters. The molecule has 0 amide bonds. The Balaban J connectivity index is 1.35. The number of aryl methyl sites for hydroxylation is 1. The molecule has 0 bridgehead atoms. The molecule has 0 aliphatic carbocycles. The van der Waals surface area contributed by atoms with Gasteiger partial charge in [-0.05, 0) is 39.3 Å². The smallest absolute Gasteiger partial charge is 0.188 e. The lowest BCUT2D eigenvalue weighted by molar-refractivity contribution is 0.371. The standard InChI is InChI=1S/C22H24N8S2/c1-11-8-13(4-6-23-11)30(3)22-28-21-20(32-22)27-19(31-21)18-17-14(5-7-24-17)16(9-25-18)15-10-26-29-12(15)2/h5,7,9-11,13,23-24H,4,6,8H2,1-3H3,(H,26,29)/t11-,13+/m0/s1. The highest BCUT2D eigenvalue weighted by molar-refractivity contribution is 7.29. The minimum absolute atomic E-state index is 0.519. The lowest BCUT2D eigenvalue weighted by atomic mass is 10.00. The molecule has 32 heavy (non-hydrogen) atoms. The molecule has 1 aliphatic heterocycles. The first-order chi connectivity index (χ1) is 15.6. The number of anilines is 1. The van der Waals surface area contributed by atoms with Crippen LogP contribution in [0.5, 0.6) is 0 Å². The Labute approximate surface area is 193 Å². The summed E-state index contributed by atoms with van der Waals surface area (Å²) < 4.78 is 0. The topological polar surface area (TPSA) is 98.4 Å². The number of fused-ring (bicyclic) bond motifs is 2. The zero-order valence-electron chi connectivity index (χ0n) is 18.1. The van der Waals surface area contributed by atoms with Gasteiger partial charge >= 0.3 is 0 Å². The van der Waals surface area contributed by atoms with Gasteiger partial charge in [0.05, 0.1) is 11.7 Å². The number of hydrogen-bond donors (Lipinski definition) is 3. The Morgan fingerprint density at radius 1 is 1.12 bits per heavy atom. The number of H-pyrrole nitrogens is 2. The molecule has 0 aromatic carbocycles. The fourth-order valence-electron chi connectivity index (χ4n) is 4.55. The summed E-state index contributed by atoms with van der Waals surface area (Å²) in [4.78, 5) is 22.3. The summed E-state index contributed by atoms with van der Waals surface area (Å²) in [5.74, 6) is 0. The zero-order chi connectivity index (χ0) is 21.8. The molecule has 1 saturated heterocycles. The van der Waals surface area contributed by atoms with E-state index in [9.17, 15) is 0 Å². The minimum atomic E-state index is 0.519. The van der Waals surface area contributed by atoms with Gasteiger partial charge < -0.3 is 15.2 Å². The van der Waals surface area contributed by atoms with E-state index in [1.807, 2.05) is 25.5 Å². The summed E-state index contributed by atoms with van der Waals surface area (Å²) in [6, 6.07) is 3.15. The highest BCUT2D eigenvalue weighted by Gasteiger charge is 2.25. The predicted molar refractivity (Wildman–Crippen MR) is 132 cm³/mol. The summed E-state index contributed by atoms with van der Waals surface area (Å²) in [6.07, 6.45) is 8.01. The summed E-state index contributed by atoms with van der Waals surface area (Å²) in [6.45, 7) is 5.33. The molecular weight excluding hydrogens is 440 g/mol. The van der Waals surface area contributed by atoms with Crippen molar-refractivity contribution in [2.45, 2.75) is 38.8 Å². The molecule has 6 rings (SSSR count). The van der Waals surface area contributed by atoms with Crippen LogP contribution >= 0.6 is 22.7 Å². The van der Waals surface area contributed by atoms with Crippen molar-refractivity contribution in [1.29, 1.82) is 0 Å². The third-order valence-corrected chi connectivity index (χ3v) is 8.45. The van der Waals surface area contributed by atoms with E-state index in [0.717, 1.165) is 72.6 Å². The van der Waals surface area contributed by atoms with Gasteiger partial charge in [0.25, 0.3) is 0 Å². The molecule has 0 spiro atoms. The Morgan fingerprint density at radius 2 is 2.00 bits per heavy atom. The fraction of sp³-hybridized carbons (Fsp3) is 0.364. The van der Waals surface area contributed by atoms with E-state index in [1.165, 1.54) is 0 Å². The van der Waals surface area contributed by atoms with Crippen molar-refractivity contribution in [3.8, 4) is 21.8 Å². The maximum absolute atomic E-state index is 4.93. The van der Waals surface area contributed by atoms with Crippen molar-refractivity contribution < 1.29 is 0 Å². The molecule has 0 radical (unpaired) electrons. The van der Waals surface area contributed by atoms with Crippen molar-refractivity contribution in [3.05, 3.63) is 30.4 Å². The van der Waals surface area contributed by atoms with E-state index in [2.05, 4.69) is 45.4 Å². The van der Waals surface area contributed by atoms with Crippen LogP contribution in [0.3, 0.4) is 0 Å². The largest absolute Gasteiger partial charge is 0.359 e. The first-order valence-corrected chi connectivity index (χ1v) is 12.4. The van der Waals surface area contributed by atoms with Crippen LogP contribution in [0.1, 0.15) is 25.5 Å². The molecule has 0 unspecified atom stereocenters. The second kappa shape index (κ2) is 7.65. The van der Waals surface area contributed by atoms with Crippen molar-refractivity contribution in [1.82, 2.24) is 35.5 Å². The monoisotopic (exact) mass is 464 g/mol. The van der Waals surface area contributed by atoms with Crippen molar-refractivity contribution in [2.75, 3.05) is 18.5 Å². The van der Waals surface area contributed by atoms with Gasteiger partial charge in [0.1, 0.15) is 10.7 Å². The zero-order valence-corrected chi connectivity index (χ0v) is 19.8. The molecule has 5 aromatic rings. The van der Waals surface area contributed by atoms with E-state index in [4.69, 9.17) is 15.0 Å². The number of rotatable bonds is 4. The average molecular weight is 465 g/mol. The molecule has 164 valence electrons. The van der Waals surface area contributed by atoms with E-state index >= 15 is 0 Å². The van der Waals surface area contributed by atoms with Crippen molar-refractivity contribution >= 4 is 48.4 Å². The van der Waals surface area contributed by atoms with E-state index in [1.54, 1.807) is 22.7 Å². The summed E-state index contributed by atoms with van der Waals surface area (Å²) in [5, 5.41) is 13.8. The molecule has 3 N–H and O–H groups in total. The van der Waals surface area contributed by atoms with Gasteiger partial charge in [-0.15, -0.1) is 0 Å². The highest BCUT2D eigenvalue weighted by Crippen LogP contribution is 2.39. The minimum Gasteiger partial charge on any atom is -0.359 e. The Morgan fingerprint density at radius 3 is 2.78 bits per heavy atom. The van der Waals surface area contributed by atoms with Crippen LogP contribution in [0, 0.1) is 6.92 Å². The lowest BCUT2D eigenvalue weighted by Gasteiger charge is -2.34. The molecule has 10 heteroatoms. The first kappa shape index (κ1) is 19.8. The van der Waals surface area contributed by atoms with Gasteiger partial charge in [-0.2, -0.15) is 5.10 Å². The average Bonchev–Trinajstić information content (AvgIpc) is 3.56. The van der Waals surface area contributed by atoms with Crippen LogP contribution in [0.25, 0.3) is 42.4 Å². The van der Waals surface area contributed by atoms with Crippen LogP contribution in [0.15, 0.2) is 24.7 Å². The molecular formula is C22H24N8S2. The Hall–Kier alpha value is -2.82. The van der Waals surface area contributed by atoms with Crippen molar-refractivity contribution in [2.24, 2.45) is 0 Å². The number of pyridine rings is 1. The predicted octanol–water partition coefficient (Wildman–Crippen LogP) is 4.57. The van der Waals surface area contributed by atoms with Gasteiger partial charge in [0.2, 0.25) is 0 Å². The second-order valence-electron chi connectivity index (χ2n) is 8.47. The van der Waals surface area contributed by atoms with E-state index < -0.39 is 0 Å². The number of aromatic amines is 2. The molecule has 5 aromatic heterocycles. The van der Waals surface area contributed by atoms with Crippen LogP contribution in [0.4, 0.5) is 5.13 Å². The van der Waals surface area contributed by atoms with Gasteiger partial charge in [-0.1, -0.05) is 22.7 Å². The number of piperidine rings is 1. The number of nitrogens with zero attached hydrogens (tertiary/aromatic N) is 5. The molecule has 6 heterocycles. The SMILES string of the molecule is Cc1[nH]ncc1-c1cnc(-c2nc3sc(N(C)[C@@H]4CCN[C@@H](C)C4)nc3s2)c2[nH]ccc12. The van der Waals surface area contributed by atoms with Gasteiger partial charge in [0, 0.05) is 53.7 Å². The van der Waals surface area contributed by atoms with Gasteiger partial charge in [-0.3, -0.25) is 10.1 Å². The Kier molecular flexibility index (Phi) is 4.74. The van der Waals surface area contributed by atoms with Gasteiger partial charge in [-0.25, -0.2) is 9.97 Å². The third kappa shape index (κ3) is 3.21. The van der Waals surface area contributed by atoms with E-state index in [0.29, 0.717) is 12.1 Å². The maximum Gasteiger partial charge on any atom is 0.188 e. The van der Waals surface area contributed by atoms with E-state index in [-0.39, 0.29) is 0 Å². The summed E-state index contributed by atoms with van der Waals surface area (Å²) in [7, 11) is 2.16. The number of aromatic nitrogens is 6. The van der Waals surface area contributed by atoms with Crippen LogP contribution in [-0.4, -0.2) is 55.8 Å². The molecule has 1 fully saturated rings. The number of thiazole rings is 2. The van der Waals surface area contributed by atoms with Crippen LogP contribution < -0.4 is 10.2 Å². The lowest BCUT2D eigenvalue weighted by Crippen LogP contribution is -2.45. The van der Waals surface area contributed by atoms with Crippen molar-refractivity contribution in [3.63, 3.8) is 0 Å². The summed E-state index contributed by atoms with van der Waals surface area (Å²) in [5.41, 5.74) is 5.02.